The number of amides is 1. The molecule has 0 unspecified atom stereocenters. The summed E-state index contributed by atoms with van der Waals surface area (Å²) in [5.74, 6) is -2.21. The maximum atomic E-state index is 13.4. The van der Waals surface area contributed by atoms with Crippen LogP contribution in [0.5, 0.6) is 11.5 Å². The maximum Gasteiger partial charge on any atom is 0.509 e. The van der Waals surface area contributed by atoms with Crippen LogP contribution in [0.1, 0.15) is 71.9 Å². The average molecular weight is 645 g/mol. The van der Waals surface area contributed by atoms with Crippen LogP contribution in [0, 0.1) is 5.92 Å². The van der Waals surface area contributed by atoms with Gasteiger partial charge < -0.3 is 44.1 Å². The molecule has 4 aliphatic rings. The summed E-state index contributed by atoms with van der Waals surface area (Å²) in [6.45, 7) is 10.6. The minimum Gasteiger partial charge on any atom is -0.504 e. The van der Waals surface area contributed by atoms with Crippen molar-refractivity contribution < 1.29 is 53.1 Å². The van der Waals surface area contributed by atoms with Crippen molar-refractivity contribution in [2.24, 2.45) is 5.92 Å². The molecular formula is C33H44N2O11. The van der Waals surface area contributed by atoms with Gasteiger partial charge in [-0.1, -0.05) is 19.9 Å². The van der Waals surface area contributed by atoms with E-state index in [1.807, 2.05) is 27.0 Å². The molecule has 252 valence electrons. The first-order chi connectivity index (χ1) is 21.5. The summed E-state index contributed by atoms with van der Waals surface area (Å²) in [6.07, 6.45) is -1.04. The lowest BCUT2D eigenvalue weighted by atomic mass is 9.50. The number of nitrogens with one attached hydrogen (secondary N) is 1. The van der Waals surface area contributed by atoms with Gasteiger partial charge in [0.25, 0.3) is 5.91 Å². The van der Waals surface area contributed by atoms with Gasteiger partial charge in [-0.05, 0) is 77.8 Å². The molecule has 13 nitrogen and oxygen atoms in total. The minimum atomic E-state index is -1.46. The molecule has 0 saturated carbocycles. The number of phenols is 1. The van der Waals surface area contributed by atoms with Crippen LogP contribution in [0.15, 0.2) is 24.0 Å². The Morgan fingerprint density at radius 2 is 1.89 bits per heavy atom. The zero-order valence-electron chi connectivity index (χ0n) is 27.4. The van der Waals surface area contributed by atoms with Crippen molar-refractivity contribution in [2.45, 2.75) is 108 Å². The number of aliphatic hydroxyl groups is 1. The number of hydrogen-bond acceptors (Lipinski definition) is 12. The van der Waals surface area contributed by atoms with Gasteiger partial charge in [0.15, 0.2) is 23.7 Å². The standard InChI is InChI=1S/C33H44N2O11/c1-17(2)16-42-29(39)20(34-28(38)18(3)43-30(40)46-31(4,5)6)15-24(37)44-22-10-11-33(41)23-14-19-8-9-21(36)26-25(19)32(33,27(22)45-26)12-13-35(23)7/h8-10,17-18,20,23,27,36,41H,11-16H2,1-7H3,(H,34,38)/t18-,20-,23+,27-,32-,33+/m0/s1. The van der Waals surface area contributed by atoms with Crippen molar-refractivity contribution in [3.63, 3.8) is 0 Å². The topological polar surface area (TPSA) is 170 Å². The highest BCUT2D eigenvalue weighted by Gasteiger charge is 2.72. The van der Waals surface area contributed by atoms with Crippen LogP contribution in [0.3, 0.4) is 0 Å². The third-order valence-electron chi connectivity index (χ3n) is 9.15. The van der Waals surface area contributed by atoms with E-state index in [2.05, 4.69) is 10.2 Å². The second kappa shape index (κ2) is 12.1. The molecule has 0 aromatic heterocycles. The second-order valence-corrected chi connectivity index (χ2v) is 14.1. The van der Waals surface area contributed by atoms with E-state index in [0.29, 0.717) is 19.4 Å². The predicted octanol–water partition coefficient (Wildman–Crippen LogP) is 2.63. The van der Waals surface area contributed by atoms with Gasteiger partial charge in [0.05, 0.1) is 24.0 Å². The van der Waals surface area contributed by atoms with Crippen LogP contribution >= 0.6 is 0 Å². The van der Waals surface area contributed by atoms with E-state index >= 15 is 0 Å². The maximum absolute atomic E-state index is 13.4. The number of benzene rings is 1. The molecule has 1 spiro atoms. The number of likely N-dealkylation sites (tertiary alicyclic amines) is 1. The molecule has 0 radical (unpaired) electrons. The van der Waals surface area contributed by atoms with Crippen LogP contribution in [-0.2, 0) is 45.2 Å². The van der Waals surface area contributed by atoms with Crippen molar-refractivity contribution in [1.29, 1.82) is 0 Å². The number of ether oxygens (including phenoxy) is 5. The van der Waals surface area contributed by atoms with E-state index in [1.54, 1.807) is 32.9 Å². The smallest absolute Gasteiger partial charge is 0.504 e. The van der Waals surface area contributed by atoms with Gasteiger partial charge in [0.2, 0.25) is 0 Å². The highest BCUT2D eigenvalue weighted by Crippen LogP contribution is 2.65. The van der Waals surface area contributed by atoms with Gasteiger partial charge in [0, 0.05) is 18.0 Å². The van der Waals surface area contributed by atoms with Gasteiger partial charge in [-0.25, -0.2) is 9.59 Å². The van der Waals surface area contributed by atoms with Crippen molar-refractivity contribution in [1.82, 2.24) is 10.2 Å². The van der Waals surface area contributed by atoms with E-state index in [4.69, 9.17) is 23.7 Å². The van der Waals surface area contributed by atoms with E-state index in [1.165, 1.54) is 6.92 Å². The molecule has 1 aromatic carbocycles. The van der Waals surface area contributed by atoms with E-state index < -0.39 is 65.3 Å². The van der Waals surface area contributed by atoms with Crippen LogP contribution < -0.4 is 10.1 Å². The van der Waals surface area contributed by atoms with E-state index in [9.17, 15) is 29.4 Å². The Morgan fingerprint density at radius 1 is 1.17 bits per heavy atom. The van der Waals surface area contributed by atoms with E-state index in [-0.39, 0.29) is 42.2 Å². The van der Waals surface area contributed by atoms with Crippen molar-refractivity contribution in [2.75, 3.05) is 20.2 Å². The molecule has 2 bridgehead atoms. The first kappa shape index (κ1) is 33.5. The SMILES string of the molecule is CC(C)COC(=O)[C@H](CC(=O)OC1=CC[C@@]2(O)[C@H]3Cc4ccc(O)c5c4[C@@]2(CCN3C)[C@H]1O5)NC(=O)[C@H](C)OC(=O)OC(C)(C)C. The molecule has 5 rings (SSSR count). The fraction of sp³-hybridized carbons (Fsp3) is 0.636. The molecule has 46 heavy (non-hydrogen) atoms. The fourth-order valence-electron chi connectivity index (χ4n) is 7.08. The molecule has 13 heteroatoms. The lowest BCUT2D eigenvalue weighted by molar-refractivity contribution is -0.170. The van der Waals surface area contributed by atoms with Crippen molar-refractivity contribution in [3.05, 3.63) is 35.1 Å². The number of aromatic hydroxyl groups is 1. The number of likely N-dealkylation sites (N-methyl/N-ethyl adjacent to an activating group) is 1. The van der Waals surface area contributed by atoms with Crippen molar-refractivity contribution in [3.8, 4) is 11.5 Å². The van der Waals surface area contributed by atoms with Crippen molar-refractivity contribution >= 4 is 24.0 Å². The lowest BCUT2D eigenvalue weighted by Crippen LogP contribution is -2.74. The number of rotatable bonds is 9. The summed E-state index contributed by atoms with van der Waals surface area (Å²) in [5.41, 5.74) is -1.35. The highest BCUT2D eigenvalue weighted by molar-refractivity contribution is 5.90. The molecule has 6 atom stereocenters. The number of carbonyl (C=O) groups is 4. The van der Waals surface area contributed by atoms with Gasteiger partial charge in [-0.15, -0.1) is 0 Å². The third kappa shape index (κ3) is 5.90. The summed E-state index contributed by atoms with van der Waals surface area (Å²) >= 11 is 0. The Kier molecular flexibility index (Phi) is 8.80. The number of esters is 2. The quantitative estimate of drug-likeness (QED) is 0.266. The van der Waals surface area contributed by atoms with Crippen LogP contribution in [0.4, 0.5) is 4.79 Å². The molecule has 1 aromatic rings. The number of hydrogen-bond donors (Lipinski definition) is 3. The molecular weight excluding hydrogens is 600 g/mol. The number of phenolic OH excluding ortho intramolecular Hbond substituents is 1. The van der Waals surface area contributed by atoms with E-state index in [0.717, 1.165) is 11.1 Å². The minimum absolute atomic E-state index is 0.0108. The van der Waals surface area contributed by atoms with Gasteiger partial charge >= 0.3 is 18.1 Å². The zero-order chi connectivity index (χ0) is 33.8. The summed E-state index contributed by atoms with van der Waals surface area (Å²) in [4.78, 5) is 53.6. The lowest BCUT2D eigenvalue weighted by Gasteiger charge is -2.61. The zero-order valence-corrected chi connectivity index (χ0v) is 27.4. The third-order valence-corrected chi connectivity index (χ3v) is 9.15. The summed E-state index contributed by atoms with van der Waals surface area (Å²) in [7, 11) is 1.97. The van der Waals surface area contributed by atoms with Crippen LogP contribution in [-0.4, -0.2) is 94.8 Å². The molecule has 3 N–H and O–H groups in total. The first-order valence-corrected chi connectivity index (χ1v) is 15.7. The van der Waals surface area contributed by atoms with Crippen LogP contribution in [0.2, 0.25) is 0 Å². The van der Waals surface area contributed by atoms with Crippen LogP contribution in [0.25, 0.3) is 0 Å². The van der Waals surface area contributed by atoms with Gasteiger partial charge in [-0.3, -0.25) is 9.59 Å². The molecule has 1 amide bonds. The molecule has 2 heterocycles. The Labute approximate surface area is 268 Å². The monoisotopic (exact) mass is 644 g/mol. The summed E-state index contributed by atoms with van der Waals surface area (Å²) < 4.78 is 27.6. The molecule has 1 fully saturated rings. The molecule has 1 saturated heterocycles. The van der Waals surface area contributed by atoms with Gasteiger partial charge in [0.1, 0.15) is 17.4 Å². The Morgan fingerprint density at radius 3 is 2.57 bits per heavy atom. The number of piperidine rings is 1. The summed E-state index contributed by atoms with van der Waals surface area (Å²) in [5, 5.41) is 25.5. The fourth-order valence-corrected chi connectivity index (χ4v) is 7.08. The Bertz CT molecular complexity index is 1450. The predicted molar refractivity (Wildman–Crippen MR) is 162 cm³/mol. The highest BCUT2D eigenvalue weighted by atomic mass is 16.7. The molecule has 2 aliphatic carbocycles. The normalized spacial score (nSPS) is 27.4. The summed E-state index contributed by atoms with van der Waals surface area (Å²) in [6, 6.07) is 1.74. The average Bonchev–Trinajstić information content (AvgIpc) is 3.31. The Hall–Kier alpha value is -3.84. The number of nitrogens with zero attached hydrogens (tertiary/aromatic N) is 1. The Balaban J connectivity index is 1.35. The van der Waals surface area contributed by atoms with Gasteiger partial charge in [-0.2, -0.15) is 0 Å². The second-order valence-electron chi connectivity index (χ2n) is 14.1. The molecule has 2 aliphatic heterocycles. The number of carbonyl (C=O) groups excluding carboxylic acids is 4. The largest absolute Gasteiger partial charge is 0.509 e. The first-order valence-electron chi connectivity index (χ1n) is 15.7.